The first kappa shape index (κ1) is 22.0. The van der Waals surface area contributed by atoms with Crippen LogP contribution in [0.1, 0.15) is 46.2 Å². The van der Waals surface area contributed by atoms with Crippen molar-refractivity contribution in [2.24, 2.45) is 0 Å². The van der Waals surface area contributed by atoms with E-state index < -0.39 is 0 Å². The second-order valence-electron chi connectivity index (χ2n) is 9.19. The van der Waals surface area contributed by atoms with Crippen molar-refractivity contribution >= 4 is 23.1 Å². The molecule has 2 heterocycles. The molecule has 0 aliphatic carbocycles. The topological polar surface area (TPSA) is 88.2 Å². The summed E-state index contributed by atoms with van der Waals surface area (Å²) in [5, 5.41) is 29.4. The van der Waals surface area contributed by atoms with Crippen LogP contribution in [-0.4, -0.2) is 36.7 Å². The molecule has 4 rings (SSSR count). The van der Waals surface area contributed by atoms with E-state index in [1.165, 1.54) is 6.07 Å². The van der Waals surface area contributed by atoms with Crippen molar-refractivity contribution in [1.29, 1.82) is 0 Å². The lowest BCUT2D eigenvalue weighted by Crippen LogP contribution is -2.12. The molecule has 32 heavy (non-hydrogen) atoms. The van der Waals surface area contributed by atoms with Crippen LogP contribution in [0.3, 0.4) is 0 Å². The van der Waals surface area contributed by atoms with Gasteiger partial charge in [0.1, 0.15) is 17.2 Å². The van der Waals surface area contributed by atoms with Gasteiger partial charge in [0.2, 0.25) is 0 Å². The molecule has 2 aromatic carbocycles. The van der Waals surface area contributed by atoms with Gasteiger partial charge in [0.25, 0.3) is 0 Å². The van der Waals surface area contributed by atoms with Gasteiger partial charge < -0.3 is 19.5 Å². The molecule has 168 valence electrons. The Balaban J connectivity index is 2.03. The molecule has 0 bridgehead atoms. The van der Waals surface area contributed by atoms with E-state index in [4.69, 9.17) is 17.0 Å². The summed E-state index contributed by atoms with van der Waals surface area (Å²) in [5.41, 5.74) is 2.63. The number of hydrogen-bond donors (Lipinski definition) is 3. The Labute approximate surface area is 191 Å². The van der Waals surface area contributed by atoms with Crippen LogP contribution in [0.2, 0.25) is 0 Å². The number of phenols is 2. The van der Waals surface area contributed by atoms with E-state index in [1.54, 1.807) is 17.7 Å². The lowest BCUT2D eigenvalue weighted by molar-refractivity contribution is 0.416. The molecule has 0 aliphatic rings. The Morgan fingerprint density at radius 2 is 1.81 bits per heavy atom. The van der Waals surface area contributed by atoms with Gasteiger partial charge in [0, 0.05) is 29.3 Å². The van der Waals surface area contributed by atoms with Gasteiger partial charge in [-0.05, 0) is 55.7 Å². The normalized spacial score (nSPS) is 12.1. The minimum Gasteiger partial charge on any atom is -0.508 e. The van der Waals surface area contributed by atoms with Crippen LogP contribution in [0.4, 0.5) is 0 Å². The van der Waals surface area contributed by atoms with E-state index >= 15 is 0 Å². The SMILES string of the molecule is COc1ccc(-n2c(-c3cc(C(C)(C)C)c(O)cc3O)n[nH]c2=S)c2ccn(C(C)C)c12. The second-order valence-corrected chi connectivity index (χ2v) is 9.58. The molecule has 0 aliphatic heterocycles. The van der Waals surface area contributed by atoms with Crippen molar-refractivity contribution in [2.75, 3.05) is 7.11 Å². The van der Waals surface area contributed by atoms with E-state index in [0.29, 0.717) is 21.7 Å². The third-order valence-electron chi connectivity index (χ3n) is 5.67. The van der Waals surface area contributed by atoms with E-state index in [2.05, 4.69) is 28.6 Å². The summed E-state index contributed by atoms with van der Waals surface area (Å²) in [6.45, 7) is 10.2. The average Bonchev–Trinajstić information content (AvgIpc) is 3.31. The van der Waals surface area contributed by atoms with Gasteiger partial charge in [-0.25, -0.2) is 0 Å². The van der Waals surface area contributed by atoms with E-state index in [9.17, 15) is 10.2 Å². The molecule has 8 heteroatoms. The monoisotopic (exact) mass is 452 g/mol. The Morgan fingerprint density at radius 1 is 1.09 bits per heavy atom. The minimum atomic E-state index is -0.327. The number of methoxy groups -OCH3 is 1. The van der Waals surface area contributed by atoms with Crippen molar-refractivity contribution in [1.82, 2.24) is 19.3 Å². The molecule has 3 N–H and O–H groups in total. The molecule has 7 nitrogen and oxygen atoms in total. The molecule has 0 radical (unpaired) electrons. The minimum absolute atomic E-state index is 0.0419. The quantitative estimate of drug-likeness (QED) is 0.338. The van der Waals surface area contributed by atoms with Gasteiger partial charge in [0.15, 0.2) is 10.6 Å². The zero-order chi connectivity index (χ0) is 23.4. The number of aromatic nitrogens is 4. The molecule has 0 fully saturated rings. The smallest absolute Gasteiger partial charge is 0.200 e. The zero-order valence-corrected chi connectivity index (χ0v) is 19.9. The molecule has 2 aromatic heterocycles. The maximum Gasteiger partial charge on any atom is 0.200 e. The second kappa shape index (κ2) is 7.70. The van der Waals surface area contributed by atoms with Gasteiger partial charge in [-0.1, -0.05) is 20.8 Å². The van der Waals surface area contributed by atoms with Gasteiger partial charge in [-0.15, -0.1) is 0 Å². The molecular weight excluding hydrogens is 424 g/mol. The highest BCUT2D eigenvalue weighted by molar-refractivity contribution is 7.71. The fourth-order valence-electron chi connectivity index (χ4n) is 4.09. The number of H-pyrrole nitrogens is 1. The molecule has 4 aromatic rings. The zero-order valence-electron chi connectivity index (χ0n) is 19.1. The number of rotatable bonds is 4. The summed E-state index contributed by atoms with van der Waals surface area (Å²) >= 11 is 5.59. The number of nitrogens with zero attached hydrogens (tertiary/aromatic N) is 3. The highest BCUT2D eigenvalue weighted by Crippen LogP contribution is 2.41. The van der Waals surface area contributed by atoms with E-state index in [0.717, 1.165) is 22.3 Å². The Morgan fingerprint density at radius 3 is 2.44 bits per heavy atom. The number of aromatic amines is 1. The molecule has 0 amide bonds. The van der Waals surface area contributed by atoms with Crippen LogP contribution in [0.15, 0.2) is 36.5 Å². The number of nitrogens with one attached hydrogen (secondary N) is 1. The number of hydrogen-bond acceptors (Lipinski definition) is 5. The first-order valence-corrected chi connectivity index (χ1v) is 10.9. The van der Waals surface area contributed by atoms with Crippen LogP contribution < -0.4 is 4.74 Å². The highest BCUT2D eigenvalue weighted by Gasteiger charge is 2.24. The maximum atomic E-state index is 10.7. The van der Waals surface area contributed by atoms with Gasteiger partial charge >= 0.3 is 0 Å². The predicted octanol–water partition coefficient (Wildman–Crippen LogP) is 5.85. The lowest BCUT2D eigenvalue weighted by atomic mass is 9.85. The summed E-state index contributed by atoms with van der Waals surface area (Å²) in [6, 6.07) is 9.24. The fraction of sp³-hybridized carbons (Fsp3) is 0.333. The van der Waals surface area contributed by atoms with Crippen LogP contribution in [0.5, 0.6) is 17.2 Å². The summed E-state index contributed by atoms with van der Waals surface area (Å²) < 4.78 is 9.98. The van der Waals surface area contributed by atoms with Crippen LogP contribution in [0.25, 0.3) is 28.0 Å². The van der Waals surface area contributed by atoms with Gasteiger partial charge in [0.05, 0.1) is 23.9 Å². The first-order chi connectivity index (χ1) is 15.0. The summed E-state index contributed by atoms with van der Waals surface area (Å²) in [5.74, 6) is 1.19. The lowest BCUT2D eigenvalue weighted by Gasteiger charge is -2.22. The predicted molar refractivity (Wildman–Crippen MR) is 129 cm³/mol. The third kappa shape index (κ3) is 3.44. The van der Waals surface area contributed by atoms with Gasteiger partial charge in [-0.2, -0.15) is 5.10 Å². The van der Waals surface area contributed by atoms with Crippen molar-refractivity contribution < 1.29 is 14.9 Å². The molecule has 0 saturated carbocycles. The molecule has 0 saturated heterocycles. The number of benzene rings is 2. The molecule has 0 atom stereocenters. The standard InChI is InChI=1S/C24H28N4O3S/c1-13(2)27-10-9-14-17(7-8-20(31-6)21(14)27)28-22(25-26-23(28)32)15-11-16(24(3,4)5)19(30)12-18(15)29/h7-13,29-30H,1-6H3,(H,26,32). The molecule has 0 spiro atoms. The van der Waals surface area contributed by atoms with Crippen molar-refractivity contribution in [2.45, 2.75) is 46.1 Å². The molecular formula is C24H28N4O3S. The Hall–Kier alpha value is -3.26. The van der Waals surface area contributed by atoms with Crippen molar-refractivity contribution in [3.8, 4) is 34.3 Å². The summed E-state index contributed by atoms with van der Waals surface area (Å²) in [7, 11) is 1.66. The van der Waals surface area contributed by atoms with Gasteiger partial charge in [-0.3, -0.25) is 9.67 Å². The average molecular weight is 453 g/mol. The largest absolute Gasteiger partial charge is 0.508 e. The summed E-state index contributed by atoms with van der Waals surface area (Å²) in [6.07, 6.45) is 2.03. The van der Waals surface area contributed by atoms with Crippen molar-refractivity contribution in [3.05, 3.63) is 46.9 Å². The van der Waals surface area contributed by atoms with E-state index in [-0.39, 0.29) is 23.0 Å². The number of ether oxygens (including phenoxy) is 1. The Bertz CT molecular complexity index is 1370. The number of phenolic OH excluding ortho intramolecular Hbond substituents is 2. The van der Waals surface area contributed by atoms with Crippen molar-refractivity contribution in [3.63, 3.8) is 0 Å². The summed E-state index contributed by atoms with van der Waals surface area (Å²) in [4.78, 5) is 0. The first-order valence-electron chi connectivity index (χ1n) is 10.5. The van der Waals surface area contributed by atoms with Crippen LogP contribution >= 0.6 is 12.2 Å². The van der Waals surface area contributed by atoms with Crippen LogP contribution in [0, 0.1) is 4.77 Å². The maximum absolute atomic E-state index is 10.7. The number of fused-ring (bicyclic) bond motifs is 1. The number of aromatic hydroxyl groups is 2. The Kier molecular flexibility index (Phi) is 5.29. The van der Waals surface area contributed by atoms with E-state index in [1.807, 2.05) is 45.2 Å². The fourth-order valence-corrected chi connectivity index (χ4v) is 4.32. The third-order valence-corrected chi connectivity index (χ3v) is 5.94. The highest BCUT2D eigenvalue weighted by atomic mass is 32.1. The molecule has 0 unspecified atom stereocenters. The van der Waals surface area contributed by atoms with Crippen LogP contribution in [-0.2, 0) is 5.41 Å².